The molecule has 0 amide bonds. The van der Waals surface area contributed by atoms with Crippen LogP contribution in [0.25, 0.3) is 0 Å². The SMILES string of the molecule is CCCNC(C)c1ccc(OCC2CCOCC2)cc1F. The molecule has 1 aliphatic heterocycles. The van der Waals surface area contributed by atoms with Gasteiger partial charge < -0.3 is 14.8 Å². The van der Waals surface area contributed by atoms with Crippen LogP contribution in [0.15, 0.2) is 18.2 Å². The number of nitrogens with one attached hydrogen (secondary N) is 1. The molecule has 1 saturated heterocycles. The Hall–Kier alpha value is -1.13. The van der Waals surface area contributed by atoms with Crippen molar-refractivity contribution in [2.24, 2.45) is 5.92 Å². The second kappa shape index (κ2) is 8.35. The summed E-state index contributed by atoms with van der Waals surface area (Å²) in [6.07, 6.45) is 3.09. The van der Waals surface area contributed by atoms with Gasteiger partial charge in [-0.1, -0.05) is 13.0 Å². The molecule has 0 aliphatic carbocycles. The lowest BCUT2D eigenvalue weighted by Crippen LogP contribution is -2.22. The van der Waals surface area contributed by atoms with Gasteiger partial charge >= 0.3 is 0 Å². The molecule has 21 heavy (non-hydrogen) atoms. The Kier molecular flexibility index (Phi) is 6.46. The van der Waals surface area contributed by atoms with E-state index in [2.05, 4.69) is 12.2 Å². The summed E-state index contributed by atoms with van der Waals surface area (Å²) < 4.78 is 25.2. The van der Waals surface area contributed by atoms with Crippen LogP contribution in [0.3, 0.4) is 0 Å². The molecule has 0 radical (unpaired) electrons. The van der Waals surface area contributed by atoms with Crippen molar-refractivity contribution in [3.05, 3.63) is 29.6 Å². The molecule has 0 bridgehead atoms. The second-order valence-electron chi connectivity index (χ2n) is 5.73. The summed E-state index contributed by atoms with van der Waals surface area (Å²) in [6.45, 7) is 7.23. The van der Waals surface area contributed by atoms with Gasteiger partial charge in [0.15, 0.2) is 0 Å². The molecule has 1 fully saturated rings. The number of ether oxygens (including phenoxy) is 2. The normalized spacial score (nSPS) is 17.7. The third-order valence-corrected chi connectivity index (χ3v) is 3.97. The summed E-state index contributed by atoms with van der Waals surface area (Å²) in [7, 11) is 0. The van der Waals surface area contributed by atoms with Crippen LogP contribution in [-0.4, -0.2) is 26.4 Å². The zero-order valence-electron chi connectivity index (χ0n) is 13.0. The highest BCUT2D eigenvalue weighted by Crippen LogP contribution is 2.23. The van der Waals surface area contributed by atoms with Crippen LogP contribution < -0.4 is 10.1 Å². The van der Waals surface area contributed by atoms with Crippen molar-refractivity contribution in [1.29, 1.82) is 0 Å². The maximum absolute atomic E-state index is 14.2. The molecule has 1 aromatic carbocycles. The van der Waals surface area contributed by atoms with Crippen LogP contribution in [0.1, 0.15) is 44.7 Å². The van der Waals surface area contributed by atoms with Gasteiger partial charge in [0.05, 0.1) is 6.61 Å². The maximum atomic E-state index is 14.2. The predicted octanol–water partition coefficient (Wildman–Crippen LogP) is 3.69. The van der Waals surface area contributed by atoms with Crippen molar-refractivity contribution < 1.29 is 13.9 Å². The Morgan fingerprint density at radius 1 is 1.38 bits per heavy atom. The van der Waals surface area contributed by atoms with Gasteiger partial charge in [-0.25, -0.2) is 4.39 Å². The highest BCUT2D eigenvalue weighted by atomic mass is 19.1. The van der Waals surface area contributed by atoms with E-state index >= 15 is 0 Å². The molecule has 0 saturated carbocycles. The standard InChI is InChI=1S/C17H26FNO2/c1-3-8-19-13(2)16-5-4-15(11-17(16)18)21-12-14-6-9-20-10-7-14/h4-5,11,13-14,19H,3,6-10,12H2,1-2H3. The smallest absolute Gasteiger partial charge is 0.131 e. The van der Waals surface area contributed by atoms with Crippen LogP contribution in [0.5, 0.6) is 5.75 Å². The number of benzene rings is 1. The third kappa shape index (κ3) is 4.97. The van der Waals surface area contributed by atoms with Crippen LogP contribution in [0.4, 0.5) is 4.39 Å². The van der Waals surface area contributed by atoms with E-state index < -0.39 is 0 Å². The van der Waals surface area contributed by atoms with Gasteiger partial charge in [0, 0.05) is 30.9 Å². The van der Waals surface area contributed by atoms with Crippen LogP contribution >= 0.6 is 0 Å². The zero-order valence-corrected chi connectivity index (χ0v) is 13.0. The molecule has 0 spiro atoms. The molecule has 1 N–H and O–H groups in total. The third-order valence-electron chi connectivity index (χ3n) is 3.97. The lowest BCUT2D eigenvalue weighted by atomic mass is 10.0. The van der Waals surface area contributed by atoms with Crippen molar-refractivity contribution in [3.8, 4) is 5.75 Å². The predicted molar refractivity (Wildman–Crippen MR) is 82.1 cm³/mol. The van der Waals surface area contributed by atoms with Crippen LogP contribution in [0, 0.1) is 11.7 Å². The molecule has 1 aromatic rings. The highest BCUT2D eigenvalue weighted by molar-refractivity contribution is 5.30. The second-order valence-corrected chi connectivity index (χ2v) is 5.73. The zero-order chi connectivity index (χ0) is 15.1. The Morgan fingerprint density at radius 3 is 2.81 bits per heavy atom. The topological polar surface area (TPSA) is 30.5 Å². The monoisotopic (exact) mass is 295 g/mol. The summed E-state index contributed by atoms with van der Waals surface area (Å²) in [5.74, 6) is 0.938. The first-order chi connectivity index (χ1) is 10.2. The fourth-order valence-electron chi connectivity index (χ4n) is 2.55. The minimum Gasteiger partial charge on any atom is -0.493 e. The van der Waals surface area contributed by atoms with Crippen molar-refractivity contribution in [2.75, 3.05) is 26.4 Å². The largest absolute Gasteiger partial charge is 0.493 e. The molecule has 1 atom stereocenters. The summed E-state index contributed by atoms with van der Waals surface area (Å²) in [4.78, 5) is 0. The van der Waals surface area contributed by atoms with E-state index in [1.807, 2.05) is 19.1 Å². The molecule has 118 valence electrons. The highest BCUT2D eigenvalue weighted by Gasteiger charge is 2.15. The van der Waals surface area contributed by atoms with Gasteiger partial charge in [0.1, 0.15) is 11.6 Å². The van der Waals surface area contributed by atoms with Crippen LogP contribution in [0.2, 0.25) is 0 Å². The van der Waals surface area contributed by atoms with Gasteiger partial charge in [-0.3, -0.25) is 0 Å². The lowest BCUT2D eigenvalue weighted by Gasteiger charge is -2.22. The van der Waals surface area contributed by atoms with Crippen LogP contribution in [-0.2, 0) is 4.74 Å². The Labute approximate surface area is 126 Å². The molecular formula is C17H26FNO2. The number of halogens is 1. The molecule has 0 aromatic heterocycles. The Balaban J connectivity index is 1.88. The average molecular weight is 295 g/mol. The van der Waals surface area contributed by atoms with E-state index in [9.17, 15) is 4.39 Å². The van der Waals surface area contributed by atoms with Gasteiger partial charge in [-0.05, 0) is 44.7 Å². The minimum atomic E-state index is -0.199. The van der Waals surface area contributed by atoms with Crippen molar-refractivity contribution in [3.63, 3.8) is 0 Å². The molecule has 1 unspecified atom stereocenters. The number of hydrogen-bond acceptors (Lipinski definition) is 3. The fraction of sp³-hybridized carbons (Fsp3) is 0.647. The van der Waals surface area contributed by atoms with E-state index in [0.717, 1.165) is 39.0 Å². The van der Waals surface area contributed by atoms with Gasteiger partial charge in [0.25, 0.3) is 0 Å². The van der Waals surface area contributed by atoms with Crippen molar-refractivity contribution in [1.82, 2.24) is 5.32 Å². The van der Waals surface area contributed by atoms with E-state index in [4.69, 9.17) is 9.47 Å². The Bertz CT molecular complexity index is 433. The van der Waals surface area contributed by atoms with E-state index in [-0.39, 0.29) is 11.9 Å². The number of hydrogen-bond donors (Lipinski definition) is 1. The molecule has 1 heterocycles. The quantitative estimate of drug-likeness (QED) is 0.832. The summed E-state index contributed by atoms with van der Waals surface area (Å²) in [5, 5.41) is 3.30. The fourth-order valence-corrected chi connectivity index (χ4v) is 2.55. The van der Waals surface area contributed by atoms with Gasteiger partial charge in [-0.2, -0.15) is 0 Å². The Morgan fingerprint density at radius 2 is 2.14 bits per heavy atom. The van der Waals surface area contributed by atoms with Crippen molar-refractivity contribution >= 4 is 0 Å². The van der Waals surface area contributed by atoms with E-state index in [1.165, 1.54) is 6.07 Å². The summed E-state index contributed by atoms with van der Waals surface area (Å²) >= 11 is 0. The lowest BCUT2D eigenvalue weighted by molar-refractivity contribution is 0.0497. The van der Waals surface area contributed by atoms with E-state index in [0.29, 0.717) is 23.8 Å². The summed E-state index contributed by atoms with van der Waals surface area (Å²) in [6, 6.07) is 5.21. The molecule has 3 nitrogen and oxygen atoms in total. The van der Waals surface area contributed by atoms with Crippen molar-refractivity contribution in [2.45, 2.75) is 39.2 Å². The first kappa shape index (κ1) is 16.2. The molecule has 4 heteroatoms. The molecular weight excluding hydrogens is 269 g/mol. The number of rotatable bonds is 7. The molecule has 1 aliphatic rings. The van der Waals surface area contributed by atoms with E-state index in [1.54, 1.807) is 0 Å². The summed E-state index contributed by atoms with van der Waals surface area (Å²) in [5.41, 5.74) is 0.696. The molecule has 2 rings (SSSR count). The minimum absolute atomic E-state index is 0.0227. The first-order valence-corrected chi connectivity index (χ1v) is 7.94. The maximum Gasteiger partial charge on any atom is 0.131 e. The van der Waals surface area contributed by atoms with Gasteiger partial charge in [0.2, 0.25) is 0 Å². The van der Waals surface area contributed by atoms with Gasteiger partial charge in [-0.15, -0.1) is 0 Å². The first-order valence-electron chi connectivity index (χ1n) is 7.94. The average Bonchev–Trinajstić information content (AvgIpc) is 2.51.